The summed E-state index contributed by atoms with van der Waals surface area (Å²) in [6.07, 6.45) is 0.977. The Morgan fingerprint density at radius 1 is 1.36 bits per heavy atom. The predicted octanol–water partition coefficient (Wildman–Crippen LogP) is 4.48. The van der Waals surface area contributed by atoms with Crippen molar-refractivity contribution in [2.24, 2.45) is 5.41 Å². The van der Waals surface area contributed by atoms with Crippen LogP contribution in [-0.2, 0) is 6.42 Å². The largest absolute Gasteiger partial charge is 0.237 e. The van der Waals surface area contributed by atoms with E-state index in [1.165, 1.54) is 5.56 Å². The van der Waals surface area contributed by atoms with Gasteiger partial charge in [-0.25, -0.2) is 4.85 Å². The number of rotatable bonds is 1. The first-order valence-electron chi connectivity index (χ1n) is 4.58. The first kappa shape index (κ1) is 11.1. The second kappa shape index (κ2) is 4.02. The summed E-state index contributed by atoms with van der Waals surface area (Å²) in [7, 11) is 0. The number of nitrogens with zero attached hydrogens (tertiary/aromatic N) is 1. The molecule has 1 aromatic rings. The first-order valence-corrected chi connectivity index (χ1v) is 4.96. The highest BCUT2D eigenvalue weighted by Crippen LogP contribution is 2.28. The predicted molar refractivity (Wildman–Crippen MR) is 60.9 cm³/mol. The molecule has 74 valence electrons. The number of hydrogen-bond donors (Lipinski definition) is 0. The summed E-state index contributed by atoms with van der Waals surface area (Å²) in [5, 5.41) is 0.557. The molecule has 0 aromatic heterocycles. The molecule has 0 saturated heterocycles. The van der Waals surface area contributed by atoms with Gasteiger partial charge < -0.3 is 0 Å². The Labute approximate surface area is 90.5 Å². The molecule has 0 aliphatic carbocycles. The zero-order valence-electron chi connectivity index (χ0n) is 8.76. The van der Waals surface area contributed by atoms with Gasteiger partial charge in [0.05, 0.1) is 6.57 Å². The Balaban J connectivity index is 2.94. The van der Waals surface area contributed by atoms with Crippen molar-refractivity contribution in [3.8, 4) is 0 Å². The van der Waals surface area contributed by atoms with Crippen molar-refractivity contribution in [1.29, 1.82) is 0 Å². The van der Waals surface area contributed by atoms with Crippen LogP contribution in [0.1, 0.15) is 26.3 Å². The summed E-state index contributed by atoms with van der Waals surface area (Å²) in [5.41, 5.74) is 1.97. The van der Waals surface area contributed by atoms with Crippen molar-refractivity contribution >= 4 is 17.3 Å². The quantitative estimate of drug-likeness (QED) is 0.598. The van der Waals surface area contributed by atoms with Crippen molar-refractivity contribution in [2.45, 2.75) is 27.2 Å². The third-order valence-electron chi connectivity index (χ3n) is 1.87. The van der Waals surface area contributed by atoms with E-state index in [2.05, 4.69) is 25.6 Å². The van der Waals surface area contributed by atoms with Gasteiger partial charge in [0.2, 0.25) is 5.69 Å². The molecule has 0 spiro atoms. The van der Waals surface area contributed by atoms with E-state index in [0.717, 1.165) is 6.42 Å². The molecule has 0 saturated carbocycles. The second-order valence-corrected chi connectivity index (χ2v) is 5.04. The van der Waals surface area contributed by atoms with E-state index in [1.807, 2.05) is 12.1 Å². The van der Waals surface area contributed by atoms with Gasteiger partial charge in [0.15, 0.2) is 0 Å². The molecule has 1 aromatic carbocycles. The van der Waals surface area contributed by atoms with Crippen LogP contribution in [0.3, 0.4) is 0 Å². The van der Waals surface area contributed by atoms with Crippen LogP contribution in [0.15, 0.2) is 18.2 Å². The fraction of sp³-hybridized carbons (Fsp3) is 0.417. The first-order chi connectivity index (χ1) is 6.42. The summed E-state index contributed by atoms with van der Waals surface area (Å²) in [6.45, 7) is 13.4. The summed E-state index contributed by atoms with van der Waals surface area (Å²) >= 11 is 5.94. The van der Waals surface area contributed by atoms with Gasteiger partial charge in [-0.2, -0.15) is 0 Å². The Bertz CT molecular complexity index is 369. The minimum atomic E-state index is 0.253. The van der Waals surface area contributed by atoms with E-state index in [4.69, 9.17) is 18.2 Å². The summed E-state index contributed by atoms with van der Waals surface area (Å²) in [4.78, 5) is 3.33. The van der Waals surface area contributed by atoms with Crippen molar-refractivity contribution in [1.82, 2.24) is 0 Å². The maximum atomic E-state index is 6.88. The number of hydrogen-bond acceptors (Lipinski definition) is 0. The van der Waals surface area contributed by atoms with Crippen molar-refractivity contribution in [2.75, 3.05) is 0 Å². The van der Waals surface area contributed by atoms with E-state index >= 15 is 0 Å². The highest BCUT2D eigenvalue weighted by atomic mass is 35.5. The van der Waals surface area contributed by atoms with E-state index in [-0.39, 0.29) is 5.41 Å². The molecular weight excluding hydrogens is 194 g/mol. The summed E-state index contributed by atoms with van der Waals surface area (Å²) in [6, 6.07) is 5.65. The summed E-state index contributed by atoms with van der Waals surface area (Å²) in [5.74, 6) is 0. The number of benzene rings is 1. The van der Waals surface area contributed by atoms with Gasteiger partial charge in [-0.3, -0.25) is 0 Å². The summed E-state index contributed by atoms with van der Waals surface area (Å²) < 4.78 is 0. The highest BCUT2D eigenvalue weighted by molar-refractivity contribution is 6.33. The number of halogens is 1. The molecule has 0 aliphatic rings. The molecular formula is C12H14ClN. The van der Waals surface area contributed by atoms with Crippen molar-refractivity contribution < 1.29 is 0 Å². The van der Waals surface area contributed by atoms with Crippen LogP contribution in [0.25, 0.3) is 4.85 Å². The monoisotopic (exact) mass is 207 g/mol. The van der Waals surface area contributed by atoms with Gasteiger partial charge in [-0.15, -0.1) is 0 Å². The van der Waals surface area contributed by atoms with Gasteiger partial charge in [0, 0.05) is 5.02 Å². The topological polar surface area (TPSA) is 4.36 Å². The van der Waals surface area contributed by atoms with Gasteiger partial charge in [-0.1, -0.05) is 50.6 Å². The fourth-order valence-electron chi connectivity index (χ4n) is 1.36. The molecule has 1 nitrogen and oxygen atoms in total. The molecule has 1 rings (SSSR count). The second-order valence-electron chi connectivity index (χ2n) is 4.64. The molecule has 0 aliphatic heterocycles. The van der Waals surface area contributed by atoms with Crippen LogP contribution in [0.5, 0.6) is 0 Å². The Morgan fingerprint density at radius 3 is 2.43 bits per heavy atom. The van der Waals surface area contributed by atoms with Crippen LogP contribution < -0.4 is 0 Å². The van der Waals surface area contributed by atoms with Gasteiger partial charge >= 0.3 is 0 Å². The Hall–Kier alpha value is -1.00. The maximum absolute atomic E-state index is 6.88. The Kier molecular flexibility index (Phi) is 3.18. The van der Waals surface area contributed by atoms with Crippen LogP contribution in [0.2, 0.25) is 5.02 Å². The zero-order valence-corrected chi connectivity index (χ0v) is 9.52. The van der Waals surface area contributed by atoms with E-state index in [9.17, 15) is 0 Å². The molecule has 0 fully saturated rings. The van der Waals surface area contributed by atoms with E-state index in [1.54, 1.807) is 6.07 Å². The average Bonchev–Trinajstić information content (AvgIpc) is 2.01. The lowest BCUT2D eigenvalue weighted by Gasteiger charge is -2.18. The molecule has 0 atom stereocenters. The van der Waals surface area contributed by atoms with Crippen molar-refractivity contribution in [3.63, 3.8) is 0 Å². The highest BCUT2D eigenvalue weighted by Gasteiger charge is 2.12. The third kappa shape index (κ3) is 3.05. The Morgan fingerprint density at radius 2 is 2.00 bits per heavy atom. The SMILES string of the molecule is [C-]#[N+]c1ccc(CC(C)(C)C)cc1Cl. The van der Waals surface area contributed by atoms with Gasteiger partial charge in [0.25, 0.3) is 0 Å². The molecule has 0 amide bonds. The molecule has 0 bridgehead atoms. The van der Waals surface area contributed by atoms with Crippen LogP contribution in [-0.4, -0.2) is 0 Å². The lowest BCUT2D eigenvalue weighted by atomic mass is 9.88. The molecule has 0 unspecified atom stereocenters. The minimum Gasteiger partial charge on any atom is -0.237 e. The standard InChI is InChI=1S/C12H14ClN/c1-12(2,3)8-9-5-6-11(14-4)10(13)7-9/h5-7H,8H2,1-3H3. The smallest absolute Gasteiger partial charge is 0.205 e. The third-order valence-corrected chi connectivity index (χ3v) is 2.17. The van der Waals surface area contributed by atoms with Crippen molar-refractivity contribution in [3.05, 3.63) is 40.2 Å². The van der Waals surface area contributed by atoms with Gasteiger partial charge in [0.1, 0.15) is 0 Å². The van der Waals surface area contributed by atoms with E-state index in [0.29, 0.717) is 10.7 Å². The average molecular weight is 208 g/mol. The molecule has 2 heteroatoms. The molecule has 0 heterocycles. The minimum absolute atomic E-state index is 0.253. The molecule has 14 heavy (non-hydrogen) atoms. The zero-order chi connectivity index (χ0) is 10.8. The molecule has 0 radical (unpaired) electrons. The normalized spacial score (nSPS) is 11.1. The van der Waals surface area contributed by atoms with Crippen LogP contribution >= 0.6 is 11.6 Å². The fourth-order valence-corrected chi connectivity index (χ4v) is 1.61. The molecule has 0 N–H and O–H groups in total. The van der Waals surface area contributed by atoms with E-state index < -0.39 is 0 Å². The maximum Gasteiger partial charge on any atom is 0.205 e. The van der Waals surface area contributed by atoms with Crippen LogP contribution in [0.4, 0.5) is 5.69 Å². The lowest BCUT2D eigenvalue weighted by molar-refractivity contribution is 0.411. The lowest BCUT2D eigenvalue weighted by Crippen LogP contribution is -2.08. The van der Waals surface area contributed by atoms with Crippen LogP contribution in [0, 0.1) is 12.0 Å². The van der Waals surface area contributed by atoms with Gasteiger partial charge in [-0.05, 0) is 17.4 Å².